The van der Waals surface area contributed by atoms with Crippen molar-refractivity contribution in [3.8, 4) is 0 Å². The van der Waals surface area contributed by atoms with Crippen molar-refractivity contribution < 1.29 is 0 Å². The summed E-state index contributed by atoms with van der Waals surface area (Å²) in [6.45, 7) is 5.46. The molecule has 19 heavy (non-hydrogen) atoms. The minimum Gasteiger partial charge on any atom is -0.309 e. The predicted molar refractivity (Wildman–Crippen MR) is 83.0 cm³/mol. The lowest BCUT2D eigenvalue weighted by Crippen LogP contribution is -2.32. The molecule has 0 saturated heterocycles. The molecule has 2 heteroatoms. The van der Waals surface area contributed by atoms with Gasteiger partial charge in [0.15, 0.2) is 0 Å². The first kappa shape index (κ1) is 12.9. The van der Waals surface area contributed by atoms with Crippen molar-refractivity contribution in [1.82, 2.24) is 5.32 Å². The number of rotatable bonds is 5. The first-order valence-corrected chi connectivity index (χ1v) is 8.05. The highest BCUT2D eigenvalue weighted by Gasteiger charge is 2.33. The average molecular weight is 271 g/mol. The Hall–Kier alpha value is -1.12. The van der Waals surface area contributed by atoms with Crippen molar-refractivity contribution in [2.24, 2.45) is 0 Å². The van der Waals surface area contributed by atoms with Crippen LogP contribution in [0.1, 0.15) is 46.7 Å². The summed E-state index contributed by atoms with van der Waals surface area (Å²) in [7, 11) is 0. The van der Waals surface area contributed by atoms with Gasteiger partial charge in [-0.15, -0.1) is 11.3 Å². The van der Waals surface area contributed by atoms with E-state index in [0.717, 1.165) is 13.0 Å². The van der Waals surface area contributed by atoms with Crippen LogP contribution < -0.4 is 5.32 Å². The molecule has 1 aromatic carbocycles. The lowest BCUT2D eigenvalue weighted by atomic mass is 9.73. The topological polar surface area (TPSA) is 12.0 Å². The molecule has 0 spiro atoms. The fraction of sp³-hybridized carbons (Fsp3) is 0.412. The second-order valence-electron chi connectivity index (χ2n) is 5.20. The van der Waals surface area contributed by atoms with E-state index in [-0.39, 0.29) is 0 Å². The lowest BCUT2D eigenvalue weighted by Gasteiger charge is -2.36. The maximum Gasteiger partial charge on any atom is 0.0487 e. The van der Waals surface area contributed by atoms with Gasteiger partial charge in [0, 0.05) is 21.7 Å². The number of nitrogens with one attached hydrogen (secondary N) is 1. The van der Waals surface area contributed by atoms with E-state index < -0.39 is 0 Å². The van der Waals surface area contributed by atoms with E-state index in [2.05, 4.69) is 55.6 Å². The molecule has 3 rings (SSSR count). The summed E-state index contributed by atoms with van der Waals surface area (Å²) in [6.07, 6.45) is 2.36. The van der Waals surface area contributed by atoms with E-state index >= 15 is 0 Å². The third-order valence-corrected chi connectivity index (χ3v) is 5.37. The molecule has 1 aliphatic carbocycles. The van der Waals surface area contributed by atoms with Gasteiger partial charge in [0.25, 0.3) is 0 Å². The van der Waals surface area contributed by atoms with E-state index in [9.17, 15) is 0 Å². The number of hydrogen-bond donors (Lipinski definition) is 1. The van der Waals surface area contributed by atoms with Crippen LogP contribution in [0.4, 0.5) is 0 Å². The minimum absolute atomic E-state index is 0.491. The summed E-state index contributed by atoms with van der Waals surface area (Å²) < 4.78 is 0. The van der Waals surface area contributed by atoms with Gasteiger partial charge in [-0.1, -0.05) is 38.1 Å². The first-order chi connectivity index (χ1) is 9.33. The van der Waals surface area contributed by atoms with Crippen LogP contribution in [0, 0.1) is 0 Å². The molecular formula is C17H21NS. The Morgan fingerprint density at radius 1 is 1.21 bits per heavy atom. The van der Waals surface area contributed by atoms with E-state index in [1.165, 1.54) is 21.7 Å². The normalized spacial score (nSPS) is 18.7. The average Bonchev–Trinajstić information content (AvgIpc) is 2.88. The smallest absolute Gasteiger partial charge is 0.0487 e. The third kappa shape index (κ3) is 2.35. The summed E-state index contributed by atoms with van der Waals surface area (Å²) in [5.41, 5.74) is 3.07. The van der Waals surface area contributed by atoms with Crippen LogP contribution in [0.2, 0.25) is 0 Å². The van der Waals surface area contributed by atoms with Crippen LogP contribution in [-0.2, 0) is 12.8 Å². The molecule has 0 saturated carbocycles. The monoisotopic (exact) mass is 271 g/mol. The Morgan fingerprint density at radius 3 is 2.74 bits per heavy atom. The third-order valence-electron chi connectivity index (χ3n) is 4.06. The maximum atomic E-state index is 3.69. The predicted octanol–water partition coefficient (Wildman–Crippen LogP) is 4.30. The second kappa shape index (κ2) is 5.48. The number of benzene rings is 1. The van der Waals surface area contributed by atoms with Crippen molar-refractivity contribution in [2.75, 3.05) is 6.54 Å². The lowest BCUT2D eigenvalue weighted by molar-refractivity contribution is 0.425. The van der Waals surface area contributed by atoms with Gasteiger partial charge in [0.05, 0.1) is 0 Å². The molecule has 0 amide bonds. The van der Waals surface area contributed by atoms with Gasteiger partial charge in [0.2, 0.25) is 0 Å². The Balaban J connectivity index is 1.87. The Bertz CT molecular complexity index is 558. The molecule has 1 nitrogen and oxygen atoms in total. The van der Waals surface area contributed by atoms with Gasteiger partial charge >= 0.3 is 0 Å². The molecule has 100 valence electrons. The van der Waals surface area contributed by atoms with Gasteiger partial charge in [-0.25, -0.2) is 0 Å². The second-order valence-corrected chi connectivity index (χ2v) is 6.40. The van der Waals surface area contributed by atoms with Crippen LogP contribution in [0.5, 0.6) is 0 Å². The number of aryl methyl sites for hydroxylation is 1. The zero-order chi connectivity index (χ0) is 13.2. The number of hydrogen-bond acceptors (Lipinski definition) is 2. The molecule has 0 aliphatic heterocycles. The van der Waals surface area contributed by atoms with Crippen molar-refractivity contribution in [1.29, 1.82) is 0 Å². The highest BCUT2D eigenvalue weighted by molar-refractivity contribution is 7.12. The molecule has 0 radical (unpaired) electrons. The van der Waals surface area contributed by atoms with Crippen molar-refractivity contribution in [3.05, 3.63) is 57.3 Å². The standard InChI is InChI=1S/C17H21NS/c1-3-13-9-10-16(19-13)17(18-4-2)15-11-12-7-5-6-8-14(12)15/h5-10,15,17-18H,3-4,11H2,1-2H3. The van der Waals surface area contributed by atoms with Gasteiger partial charge in [-0.05, 0) is 42.6 Å². The first-order valence-electron chi connectivity index (χ1n) is 7.23. The highest BCUT2D eigenvalue weighted by atomic mass is 32.1. The number of fused-ring (bicyclic) bond motifs is 1. The molecule has 0 bridgehead atoms. The molecule has 1 heterocycles. The number of likely N-dealkylation sites (N-methyl/N-ethyl adjacent to an activating group) is 1. The summed E-state index contributed by atoms with van der Waals surface area (Å²) in [6, 6.07) is 14.0. The molecule has 1 aliphatic rings. The van der Waals surface area contributed by atoms with Gasteiger partial charge < -0.3 is 5.32 Å². The molecule has 1 aromatic heterocycles. The fourth-order valence-electron chi connectivity index (χ4n) is 3.01. The van der Waals surface area contributed by atoms with Crippen LogP contribution in [0.3, 0.4) is 0 Å². The Labute approximate surface area is 119 Å². The zero-order valence-corrected chi connectivity index (χ0v) is 12.5. The summed E-state index contributed by atoms with van der Waals surface area (Å²) in [5, 5.41) is 3.69. The van der Waals surface area contributed by atoms with Crippen molar-refractivity contribution >= 4 is 11.3 Å². The largest absolute Gasteiger partial charge is 0.309 e. The maximum absolute atomic E-state index is 3.69. The Kier molecular flexibility index (Phi) is 3.72. The fourth-order valence-corrected chi connectivity index (χ4v) is 4.10. The molecule has 2 aromatic rings. The van der Waals surface area contributed by atoms with E-state index in [1.54, 1.807) is 5.56 Å². The zero-order valence-electron chi connectivity index (χ0n) is 11.6. The van der Waals surface area contributed by atoms with Gasteiger partial charge in [-0.2, -0.15) is 0 Å². The van der Waals surface area contributed by atoms with Crippen molar-refractivity contribution in [3.63, 3.8) is 0 Å². The van der Waals surface area contributed by atoms with Crippen molar-refractivity contribution in [2.45, 2.75) is 38.6 Å². The molecule has 2 unspecified atom stereocenters. The van der Waals surface area contributed by atoms with E-state index in [1.807, 2.05) is 11.3 Å². The van der Waals surface area contributed by atoms with E-state index in [4.69, 9.17) is 0 Å². The summed E-state index contributed by atoms with van der Waals surface area (Å²) in [4.78, 5) is 2.99. The van der Waals surface area contributed by atoms with Crippen LogP contribution in [-0.4, -0.2) is 6.54 Å². The minimum atomic E-state index is 0.491. The quantitative estimate of drug-likeness (QED) is 0.855. The van der Waals surface area contributed by atoms with Gasteiger partial charge in [-0.3, -0.25) is 0 Å². The van der Waals surface area contributed by atoms with E-state index in [0.29, 0.717) is 12.0 Å². The summed E-state index contributed by atoms with van der Waals surface area (Å²) in [5.74, 6) is 0.652. The molecule has 1 N–H and O–H groups in total. The highest BCUT2D eigenvalue weighted by Crippen LogP contribution is 2.44. The molecular weight excluding hydrogens is 250 g/mol. The van der Waals surface area contributed by atoms with Crippen LogP contribution in [0.15, 0.2) is 36.4 Å². The van der Waals surface area contributed by atoms with Gasteiger partial charge in [0.1, 0.15) is 0 Å². The molecule has 0 fully saturated rings. The van der Waals surface area contributed by atoms with Crippen LogP contribution >= 0.6 is 11.3 Å². The van der Waals surface area contributed by atoms with Crippen LogP contribution in [0.25, 0.3) is 0 Å². The molecule has 2 atom stereocenters. The number of thiophene rings is 1. The SMILES string of the molecule is CCNC(c1ccc(CC)s1)C1Cc2ccccc21. The Morgan fingerprint density at radius 2 is 2.05 bits per heavy atom. The summed E-state index contributed by atoms with van der Waals surface area (Å²) >= 11 is 1.97.